The molecule has 0 saturated carbocycles. The van der Waals surface area contributed by atoms with Crippen LogP contribution in [-0.2, 0) is 0 Å². The summed E-state index contributed by atoms with van der Waals surface area (Å²) in [5, 5.41) is 11.1. The Morgan fingerprint density at radius 2 is 1.72 bits per heavy atom. The Kier molecular flexibility index (Phi) is 2.66. The van der Waals surface area contributed by atoms with E-state index in [2.05, 4.69) is 5.32 Å². The van der Waals surface area contributed by atoms with E-state index in [-0.39, 0.29) is 5.69 Å². The van der Waals surface area contributed by atoms with Gasteiger partial charge in [0.15, 0.2) is 0 Å². The molecule has 0 saturated heterocycles. The topological polar surface area (TPSA) is 35.8 Å². The zero-order chi connectivity index (χ0) is 14.3. The largest absolute Gasteiger partial charge is 0.368 e. The van der Waals surface area contributed by atoms with E-state index < -0.39 is 20.7 Å². The molecule has 18 heavy (non-hydrogen) atoms. The summed E-state index contributed by atoms with van der Waals surface area (Å²) in [5.41, 5.74) is -1.34. The number of nitrogens with one attached hydrogen (secondary N) is 1. The molecule has 0 radical (unpaired) electrons. The highest BCUT2D eigenvalue weighted by Gasteiger charge is 2.65. The number of anilines is 1. The lowest BCUT2D eigenvalue weighted by Crippen LogP contribution is -2.28. The maximum absolute atomic E-state index is 12.5. The Morgan fingerprint density at radius 1 is 1.17 bits per heavy atom. The molecule has 8 heteroatoms. The van der Waals surface area contributed by atoms with Gasteiger partial charge in [-0.05, 0) is 32.0 Å². The van der Waals surface area contributed by atoms with Gasteiger partial charge >= 0.3 is 10.2 Å². The van der Waals surface area contributed by atoms with Gasteiger partial charge in [0.05, 0.1) is 6.07 Å². The first-order chi connectivity index (χ1) is 7.73. The van der Waals surface area contributed by atoms with Crippen LogP contribution in [0.2, 0.25) is 0 Å². The van der Waals surface area contributed by atoms with Gasteiger partial charge in [0.2, 0.25) is 0 Å². The quantitative estimate of drug-likeness (QED) is 0.788. The lowest BCUT2D eigenvalue weighted by atomic mass is 10.1. The fourth-order valence-corrected chi connectivity index (χ4v) is 1.89. The molecule has 0 heterocycles. The van der Waals surface area contributed by atoms with Gasteiger partial charge < -0.3 is 5.32 Å². The molecular formula is C10H11F5N2S. The van der Waals surface area contributed by atoms with Crippen LogP contribution in [0.4, 0.5) is 25.1 Å². The van der Waals surface area contributed by atoms with Crippen molar-refractivity contribution >= 4 is 15.9 Å². The van der Waals surface area contributed by atoms with Crippen LogP contribution in [0.25, 0.3) is 0 Å². The molecular weight excluding hydrogens is 275 g/mol. The third kappa shape index (κ3) is 3.77. The fraction of sp³-hybridized carbons (Fsp3) is 0.300. The average Bonchev–Trinajstić information content (AvgIpc) is 2.14. The van der Waals surface area contributed by atoms with Gasteiger partial charge in [0.1, 0.15) is 10.4 Å². The van der Waals surface area contributed by atoms with Crippen LogP contribution in [0.5, 0.6) is 0 Å². The molecule has 0 bridgehead atoms. The molecule has 0 aliphatic carbocycles. The Balaban J connectivity index is 3.23. The van der Waals surface area contributed by atoms with E-state index in [1.54, 1.807) is 6.07 Å². The highest BCUT2D eigenvalue weighted by Crippen LogP contribution is 3.02. The molecule has 0 aliphatic heterocycles. The minimum atomic E-state index is -9.68. The van der Waals surface area contributed by atoms with Crippen molar-refractivity contribution in [2.75, 3.05) is 5.32 Å². The number of benzene rings is 1. The molecule has 0 amide bonds. The Bertz CT molecular complexity index is 515. The van der Waals surface area contributed by atoms with Crippen LogP contribution in [-0.4, -0.2) is 5.54 Å². The summed E-state index contributed by atoms with van der Waals surface area (Å²) in [5.74, 6) is 0. The summed E-state index contributed by atoms with van der Waals surface area (Å²) in [4.78, 5) is -1.98. The smallest absolute Gasteiger partial charge is 0.310 e. The molecule has 1 aromatic carbocycles. The summed E-state index contributed by atoms with van der Waals surface area (Å²) < 4.78 is 62.7. The third-order valence-electron chi connectivity index (χ3n) is 2.02. The van der Waals surface area contributed by atoms with Crippen molar-refractivity contribution in [3.63, 3.8) is 0 Å². The number of halogens is 5. The molecule has 0 aromatic heterocycles. The highest BCUT2D eigenvalue weighted by molar-refractivity contribution is 8.45. The fourth-order valence-electron chi connectivity index (χ4n) is 1.20. The van der Waals surface area contributed by atoms with E-state index >= 15 is 0 Å². The Hall–Kier alpha value is -1.49. The number of rotatable bonds is 3. The summed E-state index contributed by atoms with van der Waals surface area (Å²) in [6, 6.07) is 4.47. The lowest BCUT2D eigenvalue weighted by Gasteiger charge is -2.40. The van der Waals surface area contributed by atoms with Crippen LogP contribution in [0.1, 0.15) is 13.8 Å². The maximum atomic E-state index is 12.5. The number of nitriles is 1. The van der Waals surface area contributed by atoms with E-state index in [1.165, 1.54) is 19.9 Å². The lowest BCUT2D eigenvalue weighted by molar-refractivity contribution is 0.364. The summed E-state index contributed by atoms with van der Waals surface area (Å²) in [7, 11) is -9.68. The highest BCUT2D eigenvalue weighted by atomic mass is 32.5. The van der Waals surface area contributed by atoms with Gasteiger partial charge in [-0.1, -0.05) is 25.5 Å². The molecule has 102 valence electrons. The van der Waals surface area contributed by atoms with Crippen LogP contribution < -0.4 is 5.32 Å². The van der Waals surface area contributed by atoms with Crippen LogP contribution in [0.3, 0.4) is 0 Å². The molecule has 0 unspecified atom stereocenters. The average molecular weight is 286 g/mol. The van der Waals surface area contributed by atoms with E-state index in [1.807, 2.05) is 0 Å². The number of nitrogens with zero attached hydrogens (tertiary/aromatic N) is 1. The molecule has 0 atom stereocenters. The van der Waals surface area contributed by atoms with Gasteiger partial charge in [0, 0.05) is 5.69 Å². The Labute approximate surface area is 101 Å². The van der Waals surface area contributed by atoms with Gasteiger partial charge in [-0.3, -0.25) is 0 Å². The predicted molar refractivity (Wildman–Crippen MR) is 61.2 cm³/mol. The van der Waals surface area contributed by atoms with Crippen molar-refractivity contribution in [2.24, 2.45) is 0 Å². The SMILES string of the molecule is CC(C)(C#N)Nc1cccc(S(F)(F)(F)(F)F)c1. The van der Waals surface area contributed by atoms with E-state index in [0.717, 1.165) is 6.07 Å². The number of hydrogen-bond donors (Lipinski definition) is 1. The predicted octanol–water partition coefficient (Wildman–Crippen LogP) is 5.06. The molecule has 1 aromatic rings. The van der Waals surface area contributed by atoms with Gasteiger partial charge in [-0.15, -0.1) is 0 Å². The standard InChI is InChI=1S/C10H11F5N2S/c1-10(2,7-16)17-8-4-3-5-9(6-8)18(11,12,13,14)15/h3-6,17H,1-2H3. The van der Waals surface area contributed by atoms with Gasteiger partial charge in [-0.25, -0.2) is 0 Å². The molecule has 2 nitrogen and oxygen atoms in total. The first-order valence-electron chi connectivity index (χ1n) is 4.77. The van der Waals surface area contributed by atoms with Crippen LogP contribution in [0.15, 0.2) is 29.2 Å². The van der Waals surface area contributed by atoms with Crippen LogP contribution in [0, 0.1) is 11.3 Å². The molecule has 0 spiro atoms. The minimum Gasteiger partial charge on any atom is -0.368 e. The van der Waals surface area contributed by atoms with Crippen molar-refractivity contribution in [1.29, 1.82) is 5.26 Å². The molecule has 0 aliphatic rings. The zero-order valence-electron chi connectivity index (χ0n) is 9.55. The monoisotopic (exact) mass is 286 g/mol. The van der Waals surface area contributed by atoms with E-state index in [0.29, 0.717) is 12.1 Å². The molecule has 0 fully saturated rings. The normalized spacial score (nSPS) is 16.3. The van der Waals surface area contributed by atoms with Gasteiger partial charge in [-0.2, -0.15) is 5.26 Å². The minimum absolute atomic E-state index is 0.188. The Morgan fingerprint density at radius 3 is 2.17 bits per heavy atom. The van der Waals surface area contributed by atoms with Crippen molar-refractivity contribution in [3.05, 3.63) is 24.3 Å². The summed E-state index contributed by atoms with van der Waals surface area (Å²) in [6.07, 6.45) is 0. The van der Waals surface area contributed by atoms with Crippen molar-refractivity contribution in [2.45, 2.75) is 24.3 Å². The molecule has 1 N–H and O–H groups in total. The van der Waals surface area contributed by atoms with E-state index in [9.17, 15) is 19.4 Å². The first kappa shape index (κ1) is 14.6. The van der Waals surface area contributed by atoms with Crippen molar-refractivity contribution < 1.29 is 19.4 Å². The number of hydrogen-bond acceptors (Lipinski definition) is 2. The third-order valence-corrected chi connectivity index (χ3v) is 3.16. The second-order valence-electron chi connectivity index (χ2n) is 4.36. The van der Waals surface area contributed by atoms with Crippen LogP contribution >= 0.6 is 10.2 Å². The molecule has 1 rings (SSSR count). The summed E-state index contributed by atoms with van der Waals surface area (Å²) in [6.45, 7) is 2.83. The van der Waals surface area contributed by atoms with Gasteiger partial charge in [0.25, 0.3) is 0 Å². The van der Waals surface area contributed by atoms with E-state index in [4.69, 9.17) is 5.26 Å². The maximum Gasteiger partial charge on any atom is 0.310 e. The van der Waals surface area contributed by atoms with Crippen molar-refractivity contribution in [3.8, 4) is 6.07 Å². The summed E-state index contributed by atoms with van der Waals surface area (Å²) >= 11 is 0. The first-order valence-corrected chi connectivity index (χ1v) is 6.72. The second kappa shape index (κ2) is 3.29. The zero-order valence-corrected chi connectivity index (χ0v) is 10.4. The van der Waals surface area contributed by atoms with Crippen molar-refractivity contribution in [1.82, 2.24) is 0 Å². The second-order valence-corrected chi connectivity index (χ2v) is 6.77.